The van der Waals surface area contributed by atoms with Crippen molar-refractivity contribution >= 4 is 22.6 Å². The fourth-order valence-corrected chi connectivity index (χ4v) is 11.1. The molecule has 8 aliphatic rings. The summed E-state index contributed by atoms with van der Waals surface area (Å²) in [6.45, 7) is 0. The van der Waals surface area contributed by atoms with E-state index in [1.165, 1.54) is 41.3 Å². The van der Waals surface area contributed by atoms with Crippen molar-refractivity contribution in [3.63, 3.8) is 0 Å². The molecule has 0 fully saturated rings. The molecule has 12 atom stereocenters. The van der Waals surface area contributed by atoms with E-state index in [9.17, 15) is 0 Å². The molecule has 7 aliphatic carbocycles. The first-order chi connectivity index (χ1) is 27.1. The highest BCUT2D eigenvalue weighted by Crippen LogP contribution is 2.47. The van der Waals surface area contributed by atoms with Crippen LogP contribution in [0, 0.1) is 52.8 Å². The molecule has 0 aromatic heterocycles. The summed E-state index contributed by atoms with van der Waals surface area (Å²) in [5.41, 5.74) is 11.6. The first-order valence-corrected chi connectivity index (χ1v) is 21.6. The van der Waals surface area contributed by atoms with Crippen LogP contribution in [0.2, 0.25) is 0 Å². The van der Waals surface area contributed by atoms with E-state index in [0.29, 0.717) is 52.5 Å². The highest BCUT2D eigenvalue weighted by atomic mass is 32.2. The van der Waals surface area contributed by atoms with Gasteiger partial charge < -0.3 is 11.1 Å². The maximum atomic E-state index is 8.95. The van der Waals surface area contributed by atoms with Crippen molar-refractivity contribution in [2.24, 2.45) is 58.1 Å². The lowest BCUT2D eigenvalue weighted by Crippen LogP contribution is -2.49. The van der Waals surface area contributed by atoms with Crippen LogP contribution in [-0.2, 0) is 0 Å². The first kappa shape index (κ1) is 36.2. The molecule has 1 aromatic carbocycles. The van der Waals surface area contributed by atoms with E-state index in [1.807, 2.05) is 0 Å². The number of amidine groups is 1. The number of allylic oxidation sites excluding steroid dienone is 21. The maximum absolute atomic E-state index is 8.95. The number of nitrogens with one attached hydrogen (secondary N) is 2. The second-order valence-electron chi connectivity index (χ2n) is 16.5. The molecule has 0 saturated carbocycles. The van der Waals surface area contributed by atoms with Gasteiger partial charge >= 0.3 is 0 Å². The van der Waals surface area contributed by atoms with Crippen LogP contribution in [0.15, 0.2) is 174 Å². The van der Waals surface area contributed by atoms with Crippen LogP contribution in [-0.4, -0.2) is 28.3 Å². The van der Waals surface area contributed by atoms with Gasteiger partial charge in [0.2, 0.25) is 0 Å². The summed E-state index contributed by atoms with van der Waals surface area (Å²) in [6, 6.07) is 9.36. The average molecular weight is 743 g/mol. The zero-order valence-electron chi connectivity index (χ0n) is 31.6. The number of thioether (sulfide) groups is 1. The summed E-state index contributed by atoms with van der Waals surface area (Å²) >= 11 is 1.48. The molecule has 1 heterocycles. The Morgan fingerprint density at radius 1 is 0.800 bits per heavy atom. The van der Waals surface area contributed by atoms with Crippen LogP contribution in [0.3, 0.4) is 0 Å². The van der Waals surface area contributed by atoms with Gasteiger partial charge in [0.05, 0.1) is 16.5 Å². The molecule has 1 aliphatic heterocycles. The zero-order chi connectivity index (χ0) is 37.1. The minimum Gasteiger partial charge on any atom is -0.367 e. The minimum atomic E-state index is -0.134. The summed E-state index contributed by atoms with van der Waals surface area (Å²) in [5.74, 6) is 4.52. The fraction of sp³-hybridized carbons (Fsp3) is 0.360. The van der Waals surface area contributed by atoms with E-state index >= 15 is 0 Å². The Bertz CT molecular complexity index is 2040. The molecule has 5 heteroatoms. The second kappa shape index (κ2) is 16.3. The molecular formula is C50H54N4S. The molecule has 0 amide bonds. The van der Waals surface area contributed by atoms with Crippen molar-refractivity contribution in [1.29, 1.82) is 5.41 Å². The summed E-state index contributed by atoms with van der Waals surface area (Å²) < 4.78 is 0. The van der Waals surface area contributed by atoms with Gasteiger partial charge in [-0.2, -0.15) is 0 Å². The van der Waals surface area contributed by atoms with Gasteiger partial charge in [0.15, 0.2) is 0 Å². The average Bonchev–Trinajstić information content (AvgIpc) is 3.26. The number of nitrogens with two attached hydrogens (primary N) is 1. The Hall–Kier alpha value is -4.45. The highest BCUT2D eigenvalue weighted by Gasteiger charge is 2.39. The molecule has 0 radical (unpaired) electrons. The summed E-state index contributed by atoms with van der Waals surface area (Å²) in [4.78, 5) is 5.55. The van der Waals surface area contributed by atoms with Gasteiger partial charge in [0.1, 0.15) is 5.84 Å². The van der Waals surface area contributed by atoms with E-state index in [-0.39, 0.29) is 23.3 Å². The van der Waals surface area contributed by atoms with Crippen molar-refractivity contribution in [1.82, 2.24) is 5.32 Å². The molecule has 12 unspecified atom stereocenters. The lowest BCUT2D eigenvalue weighted by Gasteiger charge is -2.41. The van der Waals surface area contributed by atoms with Gasteiger partial charge in [0.25, 0.3) is 0 Å². The van der Waals surface area contributed by atoms with Crippen LogP contribution in [0.4, 0.5) is 0 Å². The van der Waals surface area contributed by atoms with Crippen LogP contribution < -0.4 is 11.1 Å². The minimum absolute atomic E-state index is 0.134. The SMILES string of the molecule is N=C(SC(N)C1C=CC=CC1)c1cccc(C2C=CC(C3=CCC(C4CC(C5CC=CCC5)NC(C5=CC=CC6C=CC=CC56)=N4)C=C3)C3C=CC=CC23)c1. The van der Waals surface area contributed by atoms with Crippen molar-refractivity contribution < 1.29 is 0 Å². The molecule has 0 bridgehead atoms. The van der Waals surface area contributed by atoms with Crippen LogP contribution in [0.1, 0.15) is 55.6 Å². The van der Waals surface area contributed by atoms with Crippen LogP contribution in [0.25, 0.3) is 0 Å². The number of aliphatic imine (C=N–C) groups is 1. The van der Waals surface area contributed by atoms with Gasteiger partial charge in [0, 0.05) is 52.7 Å². The second-order valence-corrected chi connectivity index (χ2v) is 17.7. The van der Waals surface area contributed by atoms with Crippen molar-refractivity contribution in [2.45, 2.75) is 61.9 Å². The molecule has 1 aromatic rings. The number of fused-ring (bicyclic) bond motifs is 2. The van der Waals surface area contributed by atoms with Crippen molar-refractivity contribution in [3.05, 3.63) is 180 Å². The molecule has 4 N–H and O–H groups in total. The molecule has 9 rings (SSSR count). The standard InChI is InChI=1S/C50H54N4S/c51-48(37-16-5-2-6-17-37)55-49(52)39-20-11-19-38(31-39)42-30-29-41(43-22-9-10-23-44(42)43)34-25-27-36(28-26-34)47-32-46(35-14-3-1-4-15-35)53-50(54-47)45-24-12-18-33-13-7-8-21-40(33)45/h1-3,5-13,16,18-27,29-31,33,35-37,40-44,46-48,52H,4,14-15,17,28,32,51H2,(H,53,54). The highest BCUT2D eigenvalue weighted by molar-refractivity contribution is 8.14. The molecule has 0 spiro atoms. The predicted octanol–water partition coefficient (Wildman–Crippen LogP) is 10.6. The molecule has 4 nitrogen and oxygen atoms in total. The summed E-state index contributed by atoms with van der Waals surface area (Å²) in [6.07, 6.45) is 57.5. The fourth-order valence-electron chi connectivity index (χ4n) is 10.2. The van der Waals surface area contributed by atoms with Gasteiger partial charge in [-0.05, 0) is 73.5 Å². The van der Waals surface area contributed by atoms with E-state index < -0.39 is 0 Å². The van der Waals surface area contributed by atoms with E-state index in [1.54, 1.807) is 0 Å². The van der Waals surface area contributed by atoms with E-state index in [2.05, 4.69) is 163 Å². The van der Waals surface area contributed by atoms with Crippen LogP contribution in [0.5, 0.6) is 0 Å². The molecular weight excluding hydrogens is 689 g/mol. The number of benzene rings is 1. The number of rotatable bonds is 8. The third kappa shape index (κ3) is 7.71. The Morgan fingerprint density at radius 3 is 2.44 bits per heavy atom. The maximum Gasteiger partial charge on any atom is 0.125 e. The van der Waals surface area contributed by atoms with E-state index in [0.717, 1.165) is 37.1 Å². The van der Waals surface area contributed by atoms with E-state index in [4.69, 9.17) is 16.1 Å². The molecule has 280 valence electrons. The largest absolute Gasteiger partial charge is 0.367 e. The smallest absolute Gasteiger partial charge is 0.125 e. The third-order valence-corrected chi connectivity index (χ3v) is 14.3. The quantitative estimate of drug-likeness (QED) is 0.107. The summed E-state index contributed by atoms with van der Waals surface area (Å²) in [7, 11) is 0. The Morgan fingerprint density at radius 2 is 1.62 bits per heavy atom. The van der Waals surface area contributed by atoms with Crippen molar-refractivity contribution in [3.8, 4) is 0 Å². The summed E-state index contributed by atoms with van der Waals surface area (Å²) in [5, 5.41) is 13.4. The monoisotopic (exact) mass is 742 g/mol. The van der Waals surface area contributed by atoms with Crippen LogP contribution >= 0.6 is 11.8 Å². The Labute approximate surface area is 332 Å². The third-order valence-electron chi connectivity index (χ3n) is 13.3. The first-order valence-electron chi connectivity index (χ1n) is 20.7. The number of hydrogen-bond acceptors (Lipinski definition) is 5. The Kier molecular flexibility index (Phi) is 10.8. The number of nitrogens with zero attached hydrogens (tertiary/aromatic N) is 1. The predicted molar refractivity (Wildman–Crippen MR) is 233 cm³/mol. The normalized spacial score (nSPS) is 36.0. The van der Waals surface area contributed by atoms with Gasteiger partial charge in [-0.15, -0.1) is 0 Å². The zero-order valence-corrected chi connectivity index (χ0v) is 32.4. The van der Waals surface area contributed by atoms with Gasteiger partial charge in [-0.3, -0.25) is 10.4 Å². The molecule has 55 heavy (non-hydrogen) atoms. The van der Waals surface area contributed by atoms with Crippen molar-refractivity contribution in [2.75, 3.05) is 0 Å². The lowest BCUT2D eigenvalue weighted by atomic mass is 9.64. The lowest BCUT2D eigenvalue weighted by molar-refractivity contribution is 0.293. The Balaban J connectivity index is 0.918. The number of hydrogen-bond donors (Lipinski definition) is 3. The van der Waals surface area contributed by atoms with Gasteiger partial charge in [-0.1, -0.05) is 164 Å². The molecule has 0 saturated heterocycles. The topological polar surface area (TPSA) is 74.3 Å². The van der Waals surface area contributed by atoms with Gasteiger partial charge in [-0.25, -0.2) is 0 Å².